The molecular weight excluding hydrogens is 305 g/mol. The Bertz CT molecular complexity index is 425. The summed E-state index contributed by atoms with van der Waals surface area (Å²) in [6.45, 7) is 7.95. The Morgan fingerprint density at radius 2 is 2.11 bits per heavy atom. The van der Waals surface area contributed by atoms with E-state index in [1.807, 2.05) is 13.8 Å². The Morgan fingerprint density at radius 3 is 2.63 bits per heavy atom. The van der Waals surface area contributed by atoms with Crippen molar-refractivity contribution in [2.45, 2.75) is 33.2 Å². The van der Waals surface area contributed by atoms with Crippen LogP contribution in [0.3, 0.4) is 0 Å². The number of hydrogen-bond acceptors (Lipinski definition) is 4. The molecular formula is C12H21Cl2N3OS. The Balaban J connectivity index is 0.00000162. The first-order valence-corrected chi connectivity index (χ1v) is 6.85. The highest BCUT2D eigenvalue weighted by Gasteiger charge is 2.24. The van der Waals surface area contributed by atoms with E-state index >= 15 is 0 Å². The fraction of sp³-hybridized carbons (Fsp3) is 0.667. The van der Waals surface area contributed by atoms with E-state index in [1.165, 1.54) is 11.3 Å². The third-order valence-electron chi connectivity index (χ3n) is 3.21. The summed E-state index contributed by atoms with van der Waals surface area (Å²) < 4.78 is 0. The van der Waals surface area contributed by atoms with Crippen molar-refractivity contribution in [3.63, 3.8) is 0 Å². The first kappa shape index (κ1) is 18.6. The Morgan fingerprint density at radius 1 is 1.42 bits per heavy atom. The van der Waals surface area contributed by atoms with Gasteiger partial charge in [0.2, 0.25) is 0 Å². The van der Waals surface area contributed by atoms with Gasteiger partial charge < -0.3 is 10.6 Å². The molecule has 1 saturated heterocycles. The number of halogens is 2. The van der Waals surface area contributed by atoms with Gasteiger partial charge in [-0.15, -0.1) is 36.2 Å². The monoisotopic (exact) mass is 325 g/mol. The summed E-state index contributed by atoms with van der Waals surface area (Å²) in [7, 11) is 0. The molecule has 1 aliphatic heterocycles. The van der Waals surface area contributed by atoms with Crippen LogP contribution in [0.4, 0.5) is 0 Å². The van der Waals surface area contributed by atoms with Crippen LogP contribution in [-0.2, 0) is 0 Å². The third kappa shape index (κ3) is 4.60. The van der Waals surface area contributed by atoms with Crippen LogP contribution in [0, 0.1) is 19.8 Å². The van der Waals surface area contributed by atoms with Crippen LogP contribution in [0.5, 0.6) is 0 Å². The molecule has 0 spiro atoms. The molecule has 2 heterocycles. The smallest absolute Gasteiger partial charge is 0.263 e. The lowest BCUT2D eigenvalue weighted by Crippen LogP contribution is -2.48. The molecule has 1 aromatic heterocycles. The second kappa shape index (κ2) is 8.04. The number of carbonyl (C=O) groups excluding carboxylic acids is 1. The van der Waals surface area contributed by atoms with Gasteiger partial charge in [0.1, 0.15) is 4.88 Å². The molecule has 2 N–H and O–H groups in total. The number of aromatic nitrogens is 1. The van der Waals surface area contributed by atoms with Gasteiger partial charge in [0, 0.05) is 6.04 Å². The van der Waals surface area contributed by atoms with E-state index in [4.69, 9.17) is 0 Å². The lowest BCUT2D eigenvalue weighted by atomic mass is 9.95. The second-order valence-electron chi connectivity index (χ2n) is 4.70. The molecule has 4 nitrogen and oxygen atoms in total. The normalized spacial score (nSPS) is 22.1. The van der Waals surface area contributed by atoms with Crippen molar-refractivity contribution in [3.05, 3.63) is 15.6 Å². The summed E-state index contributed by atoms with van der Waals surface area (Å²) >= 11 is 1.47. The zero-order chi connectivity index (χ0) is 12.4. The Hall–Kier alpha value is -0.360. The summed E-state index contributed by atoms with van der Waals surface area (Å²) in [5.74, 6) is 0.522. The third-order valence-corrected chi connectivity index (χ3v) is 4.28. The molecule has 0 saturated carbocycles. The number of thiazole rings is 1. The maximum absolute atomic E-state index is 12.1. The number of nitrogens with one attached hydrogen (secondary N) is 2. The van der Waals surface area contributed by atoms with Crippen molar-refractivity contribution in [2.75, 3.05) is 13.1 Å². The molecule has 0 aliphatic carbocycles. The molecule has 1 aromatic rings. The summed E-state index contributed by atoms with van der Waals surface area (Å²) in [5, 5.41) is 7.41. The Labute approximate surface area is 130 Å². The van der Waals surface area contributed by atoms with Crippen molar-refractivity contribution < 1.29 is 4.79 Å². The predicted molar refractivity (Wildman–Crippen MR) is 84.0 cm³/mol. The molecule has 1 fully saturated rings. The van der Waals surface area contributed by atoms with Crippen molar-refractivity contribution in [1.29, 1.82) is 0 Å². The lowest BCUT2D eigenvalue weighted by Gasteiger charge is -2.30. The molecule has 1 aliphatic rings. The van der Waals surface area contributed by atoms with E-state index in [1.54, 1.807) is 0 Å². The number of piperidine rings is 1. The van der Waals surface area contributed by atoms with Crippen LogP contribution in [0.25, 0.3) is 0 Å². The van der Waals surface area contributed by atoms with E-state index in [2.05, 4.69) is 22.5 Å². The fourth-order valence-electron chi connectivity index (χ4n) is 2.20. The minimum absolute atomic E-state index is 0. The fourth-order valence-corrected chi connectivity index (χ4v) is 3.03. The van der Waals surface area contributed by atoms with Gasteiger partial charge in [0.25, 0.3) is 5.91 Å². The number of hydrogen-bond donors (Lipinski definition) is 2. The van der Waals surface area contributed by atoms with Gasteiger partial charge in [-0.05, 0) is 39.3 Å². The number of carbonyl (C=O) groups is 1. The summed E-state index contributed by atoms with van der Waals surface area (Å²) in [5.41, 5.74) is 0.839. The maximum Gasteiger partial charge on any atom is 0.263 e. The van der Waals surface area contributed by atoms with Gasteiger partial charge in [-0.1, -0.05) is 6.92 Å². The summed E-state index contributed by atoms with van der Waals surface area (Å²) in [6.07, 6.45) is 1.00. The first-order valence-electron chi connectivity index (χ1n) is 6.03. The highest BCUT2D eigenvalue weighted by molar-refractivity contribution is 7.13. The van der Waals surface area contributed by atoms with Gasteiger partial charge in [-0.25, -0.2) is 4.98 Å². The molecule has 1 amide bonds. The minimum Gasteiger partial charge on any atom is -0.348 e. The van der Waals surface area contributed by atoms with Crippen LogP contribution in [0.15, 0.2) is 0 Å². The average Bonchev–Trinajstić information content (AvgIpc) is 2.61. The highest BCUT2D eigenvalue weighted by atomic mass is 35.5. The second-order valence-corrected chi connectivity index (χ2v) is 5.90. The standard InChI is InChI=1S/C12H19N3OS.2ClH/c1-7-6-13-5-4-10(7)15-12(16)11-8(2)14-9(3)17-11;;/h7,10,13H,4-6H2,1-3H3,(H,15,16);2*1H. The predicted octanol–water partition coefficient (Wildman–Crippen LogP) is 2.33. The van der Waals surface area contributed by atoms with Crippen molar-refractivity contribution in [2.24, 2.45) is 5.92 Å². The van der Waals surface area contributed by atoms with Crippen LogP contribution >= 0.6 is 36.2 Å². The van der Waals surface area contributed by atoms with Crippen molar-refractivity contribution in [1.82, 2.24) is 15.6 Å². The zero-order valence-electron chi connectivity index (χ0n) is 11.4. The minimum atomic E-state index is 0. The van der Waals surface area contributed by atoms with E-state index in [9.17, 15) is 4.79 Å². The number of rotatable bonds is 2. The molecule has 2 rings (SSSR count). The highest BCUT2D eigenvalue weighted by Crippen LogP contribution is 2.18. The van der Waals surface area contributed by atoms with Crippen molar-refractivity contribution >= 4 is 42.1 Å². The van der Waals surface area contributed by atoms with Crippen LogP contribution in [0.1, 0.15) is 33.7 Å². The zero-order valence-corrected chi connectivity index (χ0v) is 13.8. The molecule has 19 heavy (non-hydrogen) atoms. The largest absolute Gasteiger partial charge is 0.348 e. The average molecular weight is 326 g/mol. The Kier molecular flexibility index (Phi) is 7.89. The van der Waals surface area contributed by atoms with Gasteiger partial charge in [-0.3, -0.25) is 4.79 Å². The van der Waals surface area contributed by atoms with Gasteiger partial charge >= 0.3 is 0 Å². The molecule has 110 valence electrons. The maximum atomic E-state index is 12.1. The molecule has 7 heteroatoms. The van der Waals surface area contributed by atoms with E-state index in [0.29, 0.717) is 5.92 Å². The van der Waals surface area contributed by atoms with Crippen LogP contribution < -0.4 is 10.6 Å². The van der Waals surface area contributed by atoms with Gasteiger partial charge in [0.15, 0.2) is 0 Å². The van der Waals surface area contributed by atoms with Crippen LogP contribution in [-0.4, -0.2) is 30.0 Å². The van der Waals surface area contributed by atoms with Crippen molar-refractivity contribution in [3.8, 4) is 0 Å². The first-order chi connectivity index (χ1) is 8.08. The number of amides is 1. The van der Waals surface area contributed by atoms with E-state index < -0.39 is 0 Å². The van der Waals surface area contributed by atoms with Gasteiger partial charge in [-0.2, -0.15) is 0 Å². The van der Waals surface area contributed by atoms with E-state index in [0.717, 1.165) is 35.1 Å². The number of nitrogens with zero attached hydrogens (tertiary/aromatic N) is 1. The summed E-state index contributed by atoms with van der Waals surface area (Å²) in [4.78, 5) is 17.2. The molecule has 0 bridgehead atoms. The topological polar surface area (TPSA) is 54.0 Å². The lowest BCUT2D eigenvalue weighted by molar-refractivity contribution is 0.0917. The number of aryl methyl sites for hydroxylation is 2. The molecule has 0 aromatic carbocycles. The summed E-state index contributed by atoms with van der Waals surface area (Å²) in [6, 6.07) is 0.283. The molecule has 0 radical (unpaired) electrons. The quantitative estimate of drug-likeness (QED) is 0.877. The molecule has 2 atom stereocenters. The van der Waals surface area contributed by atoms with Crippen LogP contribution in [0.2, 0.25) is 0 Å². The SMILES string of the molecule is Cc1nc(C)c(C(=O)NC2CCNCC2C)s1.Cl.Cl. The van der Waals surface area contributed by atoms with Gasteiger partial charge in [0.05, 0.1) is 10.7 Å². The molecule has 2 unspecified atom stereocenters. The van der Waals surface area contributed by atoms with E-state index in [-0.39, 0.29) is 36.8 Å².